The molecule has 0 unspecified atom stereocenters. The Kier molecular flexibility index (Phi) is 2.72. The van der Waals surface area contributed by atoms with Crippen LogP contribution in [-0.2, 0) is 19.1 Å². The number of rotatable bonds is 2. The molecule has 0 N–H and O–H groups in total. The maximum absolute atomic E-state index is 11.3. The van der Waals surface area contributed by atoms with E-state index in [4.69, 9.17) is 11.6 Å². The molecule has 0 bridgehead atoms. The van der Waals surface area contributed by atoms with Crippen molar-refractivity contribution in [1.82, 2.24) is 0 Å². The number of halogens is 1. The summed E-state index contributed by atoms with van der Waals surface area (Å²) in [7, 11) is 2.56. The normalized spacial score (nSPS) is 17.3. The van der Waals surface area contributed by atoms with Crippen LogP contribution in [0.2, 0.25) is 0 Å². The molecule has 0 fully saturated rings. The molecule has 70 valence electrons. The summed E-state index contributed by atoms with van der Waals surface area (Å²) < 4.78 is 9.31. The molecule has 0 radical (unpaired) electrons. The lowest BCUT2D eigenvalue weighted by atomic mass is 10.1. The molecule has 0 aromatic heterocycles. The largest absolute Gasteiger partial charge is 0.492 e. The van der Waals surface area contributed by atoms with E-state index in [2.05, 4.69) is 9.47 Å². The van der Waals surface area contributed by atoms with Crippen molar-refractivity contribution in [2.75, 3.05) is 14.2 Å². The first-order valence-electron chi connectivity index (χ1n) is 3.40. The third-order valence-corrected chi connectivity index (χ3v) is 1.88. The van der Waals surface area contributed by atoms with Crippen molar-refractivity contribution >= 4 is 23.2 Å². The maximum atomic E-state index is 11.3. The Morgan fingerprint density at radius 2 is 1.85 bits per heavy atom. The van der Waals surface area contributed by atoms with Gasteiger partial charge in [-0.2, -0.15) is 0 Å². The van der Waals surface area contributed by atoms with E-state index in [-0.39, 0.29) is 16.6 Å². The van der Waals surface area contributed by atoms with Gasteiger partial charge in [0.1, 0.15) is 5.03 Å². The van der Waals surface area contributed by atoms with Crippen LogP contribution in [0.1, 0.15) is 0 Å². The van der Waals surface area contributed by atoms with Crippen molar-refractivity contribution in [2.45, 2.75) is 0 Å². The van der Waals surface area contributed by atoms with Gasteiger partial charge in [0.05, 0.1) is 14.2 Å². The van der Waals surface area contributed by atoms with Gasteiger partial charge in [0.2, 0.25) is 11.6 Å². The highest BCUT2D eigenvalue weighted by Crippen LogP contribution is 2.22. The van der Waals surface area contributed by atoms with Gasteiger partial charge in [0.25, 0.3) is 0 Å². The highest BCUT2D eigenvalue weighted by atomic mass is 35.5. The summed E-state index contributed by atoms with van der Waals surface area (Å²) in [6.07, 6.45) is 1.05. The minimum atomic E-state index is -0.541. The number of hydrogen-bond donors (Lipinski definition) is 0. The predicted octanol–water partition coefficient (Wildman–Crippen LogP) is 0.765. The third-order valence-electron chi connectivity index (χ3n) is 1.53. The first-order chi connectivity index (χ1) is 6.11. The van der Waals surface area contributed by atoms with Gasteiger partial charge >= 0.3 is 0 Å². The monoisotopic (exact) mass is 202 g/mol. The van der Waals surface area contributed by atoms with Crippen molar-refractivity contribution in [3.05, 3.63) is 22.6 Å². The number of carbonyl (C=O) groups is 2. The molecule has 0 saturated carbocycles. The first kappa shape index (κ1) is 9.80. The first-order valence-corrected chi connectivity index (χ1v) is 3.78. The van der Waals surface area contributed by atoms with E-state index in [0.29, 0.717) is 0 Å². The summed E-state index contributed by atoms with van der Waals surface area (Å²) >= 11 is 5.57. The summed E-state index contributed by atoms with van der Waals surface area (Å²) in [5.41, 5.74) is 0. The van der Waals surface area contributed by atoms with Crippen LogP contribution in [0.4, 0.5) is 0 Å². The topological polar surface area (TPSA) is 52.6 Å². The Morgan fingerprint density at radius 1 is 1.23 bits per heavy atom. The third kappa shape index (κ3) is 1.58. The Balaban J connectivity index is 3.12. The molecule has 4 nitrogen and oxygen atoms in total. The molecule has 0 heterocycles. The van der Waals surface area contributed by atoms with E-state index < -0.39 is 11.6 Å². The summed E-state index contributed by atoms with van der Waals surface area (Å²) in [5, 5.41) is -0.244. The fourth-order valence-corrected chi connectivity index (χ4v) is 1.17. The molecule has 0 amide bonds. The maximum Gasteiger partial charge on any atom is 0.242 e. The van der Waals surface area contributed by atoms with E-state index in [1.165, 1.54) is 14.2 Å². The van der Waals surface area contributed by atoms with E-state index >= 15 is 0 Å². The predicted molar refractivity (Wildman–Crippen MR) is 45.0 cm³/mol. The van der Waals surface area contributed by atoms with Crippen LogP contribution in [0.15, 0.2) is 22.6 Å². The Bertz CT molecular complexity index is 327. The molecular weight excluding hydrogens is 196 g/mol. The fourth-order valence-electron chi connectivity index (χ4n) is 0.911. The van der Waals surface area contributed by atoms with Gasteiger partial charge in [-0.15, -0.1) is 0 Å². The summed E-state index contributed by atoms with van der Waals surface area (Å²) in [6.45, 7) is 0. The second-order valence-corrected chi connectivity index (χ2v) is 2.63. The average Bonchev–Trinajstić information content (AvgIpc) is 2.12. The van der Waals surface area contributed by atoms with Gasteiger partial charge in [-0.3, -0.25) is 9.59 Å². The van der Waals surface area contributed by atoms with Gasteiger partial charge < -0.3 is 9.47 Å². The molecule has 5 heteroatoms. The number of carbonyl (C=O) groups excluding carboxylic acids is 2. The summed E-state index contributed by atoms with van der Waals surface area (Å²) in [5.74, 6) is -1.23. The number of hydrogen-bond acceptors (Lipinski definition) is 4. The van der Waals surface area contributed by atoms with Crippen LogP contribution in [-0.4, -0.2) is 25.8 Å². The van der Waals surface area contributed by atoms with Crippen molar-refractivity contribution in [3.8, 4) is 0 Å². The fraction of sp³-hybridized carbons (Fsp3) is 0.250. The second kappa shape index (κ2) is 3.62. The smallest absolute Gasteiger partial charge is 0.242 e. The van der Waals surface area contributed by atoms with Crippen LogP contribution in [0.5, 0.6) is 0 Å². The zero-order chi connectivity index (χ0) is 10.0. The lowest BCUT2D eigenvalue weighted by Gasteiger charge is -2.12. The summed E-state index contributed by atoms with van der Waals surface area (Å²) in [4.78, 5) is 22.4. The highest BCUT2D eigenvalue weighted by molar-refractivity contribution is 6.48. The van der Waals surface area contributed by atoms with Gasteiger partial charge in [0.15, 0.2) is 11.5 Å². The Morgan fingerprint density at radius 3 is 2.31 bits per heavy atom. The van der Waals surface area contributed by atoms with E-state index in [1.54, 1.807) is 0 Å². The molecule has 0 spiro atoms. The molecule has 0 aromatic rings. The highest BCUT2D eigenvalue weighted by Gasteiger charge is 2.28. The lowest BCUT2D eigenvalue weighted by molar-refractivity contribution is -0.119. The zero-order valence-electron chi connectivity index (χ0n) is 7.09. The van der Waals surface area contributed by atoms with Crippen LogP contribution in [0.25, 0.3) is 0 Å². The van der Waals surface area contributed by atoms with Crippen LogP contribution < -0.4 is 0 Å². The summed E-state index contributed by atoms with van der Waals surface area (Å²) in [6, 6.07) is 0. The van der Waals surface area contributed by atoms with Crippen molar-refractivity contribution in [3.63, 3.8) is 0 Å². The molecule has 0 aromatic carbocycles. The average molecular weight is 203 g/mol. The van der Waals surface area contributed by atoms with Crippen LogP contribution in [0, 0.1) is 0 Å². The molecule has 13 heavy (non-hydrogen) atoms. The van der Waals surface area contributed by atoms with E-state index in [0.717, 1.165) is 6.08 Å². The van der Waals surface area contributed by atoms with Crippen molar-refractivity contribution in [2.24, 2.45) is 0 Å². The lowest BCUT2D eigenvalue weighted by Crippen LogP contribution is -2.18. The van der Waals surface area contributed by atoms with Crippen molar-refractivity contribution in [1.29, 1.82) is 0 Å². The molecule has 1 aliphatic rings. The Hall–Kier alpha value is -1.29. The number of ether oxygens (including phenoxy) is 2. The minimum Gasteiger partial charge on any atom is -0.492 e. The number of ketones is 2. The molecule has 0 saturated heterocycles. The number of methoxy groups -OCH3 is 2. The number of allylic oxidation sites excluding steroid dienone is 2. The molecule has 1 rings (SSSR count). The Labute approximate surface area is 79.8 Å². The van der Waals surface area contributed by atoms with Gasteiger partial charge in [0, 0.05) is 6.08 Å². The van der Waals surface area contributed by atoms with Crippen molar-refractivity contribution < 1.29 is 19.1 Å². The SMILES string of the molecule is COC1=CC(=O)C(OC)=C(Cl)C1=O. The zero-order valence-corrected chi connectivity index (χ0v) is 7.84. The quantitative estimate of drug-likeness (QED) is 0.621. The molecular formula is C8H7ClO4. The molecule has 0 atom stereocenters. The molecule has 0 aliphatic heterocycles. The van der Waals surface area contributed by atoms with Gasteiger partial charge in [-0.1, -0.05) is 11.6 Å². The molecule has 1 aliphatic carbocycles. The second-order valence-electron chi connectivity index (χ2n) is 2.25. The van der Waals surface area contributed by atoms with Crippen LogP contribution in [0.3, 0.4) is 0 Å². The van der Waals surface area contributed by atoms with Gasteiger partial charge in [-0.05, 0) is 0 Å². The van der Waals surface area contributed by atoms with Crippen LogP contribution >= 0.6 is 11.6 Å². The number of Topliss-reactive ketones (excluding diaryl/α,β-unsaturated/α-hetero) is 1. The standard InChI is InChI=1S/C8H7ClO4/c1-12-5-3-4(10)8(13-2)6(9)7(5)11/h3H,1-2H3. The van der Waals surface area contributed by atoms with Gasteiger partial charge in [-0.25, -0.2) is 0 Å². The minimum absolute atomic E-state index is 0.0733. The van der Waals surface area contributed by atoms with E-state index in [1.807, 2.05) is 0 Å². The van der Waals surface area contributed by atoms with E-state index in [9.17, 15) is 9.59 Å².